The van der Waals surface area contributed by atoms with Gasteiger partial charge in [0, 0.05) is 12.5 Å². The van der Waals surface area contributed by atoms with E-state index in [1.165, 1.54) is 19.3 Å². The Morgan fingerprint density at radius 2 is 2.24 bits per heavy atom. The van der Waals surface area contributed by atoms with Gasteiger partial charge in [-0.05, 0) is 31.2 Å². The van der Waals surface area contributed by atoms with Gasteiger partial charge in [0.2, 0.25) is 5.13 Å². The first-order valence-corrected chi connectivity index (χ1v) is 7.29. The molecule has 0 saturated heterocycles. The van der Waals surface area contributed by atoms with Gasteiger partial charge in [-0.3, -0.25) is 0 Å². The molecule has 1 aliphatic rings. The highest BCUT2D eigenvalue weighted by Gasteiger charge is 2.26. The van der Waals surface area contributed by atoms with Crippen LogP contribution in [-0.4, -0.2) is 22.8 Å². The third kappa shape index (κ3) is 3.39. The van der Waals surface area contributed by atoms with E-state index in [1.54, 1.807) is 11.3 Å². The summed E-state index contributed by atoms with van der Waals surface area (Å²) in [6.07, 6.45) is 4.74. The van der Waals surface area contributed by atoms with Crippen molar-refractivity contribution >= 4 is 16.5 Å². The van der Waals surface area contributed by atoms with Crippen molar-refractivity contribution in [2.75, 3.05) is 11.9 Å². The van der Waals surface area contributed by atoms with Gasteiger partial charge in [-0.2, -0.15) is 0 Å². The van der Waals surface area contributed by atoms with Crippen LogP contribution < -0.4 is 11.1 Å². The highest BCUT2D eigenvalue weighted by molar-refractivity contribution is 7.15. The maximum absolute atomic E-state index is 5.78. The first-order chi connectivity index (χ1) is 8.19. The molecule has 0 radical (unpaired) electrons. The summed E-state index contributed by atoms with van der Waals surface area (Å²) in [4.78, 5) is 0. The molecule has 2 atom stereocenters. The average Bonchev–Trinajstić information content (AvgIpc) is 2.87. The van der Waals surface area contributed by atoms with Crippen LogP contribution in [0, 0.1) is 11.8 Å². The van der Waals surface area contributed by atoms with Gasteiger partial charge >= 0.3 is 0 Å². The van der Waals surface area contributed by atoms with Gasteiger partial charge in [0.1, 0.15) is 5.01 Å². The quantitative estimate of drug-likeness (QED) is 0.846. The molecular weight excluding hydrogens is 232 g/mol. The smallest absolute Gasteiger partial charge is 0.205 e. The lowest BCUT2D eigenvalue weighted by Crippen LogP contribution is -2.29. The minimum absolute atomic E-state index is 0.500. The topological polar surface area (TPSA) is 63.8 Å². The summed E-state index contributed by atoms with van der Waals surface area (Å²) in [5.74, 6) is 1.24. The van der Waals surface area contributed by atoms with Crippen LogP contribution in [0.25, 0.3) is 0 Å². The zero-order valence-corrected chi connectivity index (χ0v) is 11.5. The van der Waals surface area contributed by atoms with Crippen LogP contribution in [0.2, 0.25) is 0 Å². The van der Waals surface area contributed by atoms with Gasteiger partial charge in [-0.1, -0.05) is 31.6 Å². The standard InChI is InChI=1S/C12H22N4S/c1-8(2)6-11-15-16-12(17-11)14-10-5-3-4-9(10)7-13/h8-10H,3-7,13H2,1-2H3,(H,14,16). The molecule has 0 amide bonds. The summed E-state index contributed by atoms with van der Waals surface area (Å²) in [7, 11) is 0. The second-order valence-corrected chi connectivity index (χ2v) is 6.34. The molecule has 0 aromatic carbocycles. The van der Waals surface area contributed by atoms with E-state index in [-0.39, 0.29) is 0 Å². The Kier molecular flexibility index (Phi) is 4.34. The Labute approximate surface area is 107 Å². The summed E-state index contributed by atoms with van der Waals surface area (Å²) in [6.45, 7) is 5.18. The lowest BCUT2D eigenvalue weighted by atomic mass is 10.0. The third-order valence-electron chi connectivity index (χ3n) is 3.32. The Morgan fingerprint density at radius 3 is 2.94 bits per heavy atom. The van der Waals surface area contributed by atoms with Gasteiger partial charge in [-0.15, -0.1) is 10.2 Å². The molecule has 0 bridgehead atoms. The molecule has 0 spiro atoms. The zero-order chi connectivity index (χ0) is 12.3. The van der Waals surface area contributed by atoms with Gasteiger partial charge in [0.05, 0.1) is 0 Å². The average molecular weight is 254 g/mol. The second-order valence-electron chi connectivity index (χ2n) is 5.28. The predicted molar refractivity (Wildman–Crippen MR) is 72.3 cm³/mol. The number of nitrogens with zero attached hydrogens (tertiary/aromatic N) is 2. The Morgan fingerprint density at radius 1 is 1.41 bits per heavy atom. The fourth-order valence-corrected chi connectivity index (χ4v) is 3.42. The number of aromatic nitrogens is 2. The molecular formula is C12H22N4S. The summed E-state index contributed by atoms with van der Waals surface area (Å²) >= 11 is 1.69. The van der Waals surface area contributed by atoms with Gasteiger partial charge in [-0.25, -0.2) is 0 Å². The summed E-state index contributed by atoms with van der Waals surface area (Å²) in [5, 5.41) is 14.0. The first kappa shape index (κ1) is 12.8. The van der Waals surface area contributed by atoms with E-state index in [0.29, 0.717) is 17.9 Å². The van der Waals surface area contributed by atoms with E-state index in [1.807, 2.05) is 0 Å². The van der Waals surface area contributed by atoms with Crippen LogP contribution in [0.1, 0.15) is 38.1 Å². The highest BCUT2D eigenvalue weighted by Crippen LogP contribution is 2.29. The molecule has 2 unspecified atom stereocenters. The zero-order valence-electron chi connectivity index (χ0n) is 10.6. The Hall–Kier alpha value is -0.680. The molecule has 96 valence electrons. The van der Waals surface area contributed by atoms with Crippen molar-refractivity contribution in [1.82, 2.24) is 10.2 Å². The Bertz CT molecular complexity index is 350. The van der Waals surface area contributed by atoms with E-state index < -0.39 is 0 Å². The lowest BCUT2D eigenvalue weighted by molar-refractivity contribution is 0.516. The lowest BCUT2D eigenvalue weighted by Gasteiger charge is -2.18. The fourth-order valence-electron chi connectivity index (χ4n) is 2.41. The van der Waals surface area contributed by atoms with Crippen molar-refractivity contribution in [3.63, 3.8) is 0 Å². The third-order valence-corrected chi connectivity index (χ3v) is 4.20. The molecule has 1 aromatic rings. The number of nitrogens with one attached hydrogen (secondary N) is 1. The minimum atomic E-state index is 0.500. The van der Waals surface area contributed by atoms with Crippen LogP contribution in [0.3, 0.4) is 0 Å². The highest BCUT2D eigenvalue weighted by atomic mass is 32.1. The fraction of sp³-hybridized carbons (Fsp3) is 0.833. The molecule has 1 saturated carbocycles. The van der Waals surface area contributed by atoms with E-state index in [9.17, 15) is 0 Å². The van der Waals surface area contributed by atoms with Crippen molar-refractivity contribution in [1.29, 1.82) is 0 Å². The van der Waals surface area contributed by atoms with Crippen LogP contribution in [0.4, 0.5) is 5.13 Å². The molecule has 1 heterocycles. The maximum atomic E-state index is 5.78. The molecule has 4 nitrogen and oxygen atoms in total. The maximum Gasteiger partial charge on any atom is 0.205 e. The van der Waals surface area contributed by atoms with Crippen LogP contribution in [0.5, 0.6) is 0 Å². The van der Waals surface area contributed by atoms with Crippen molar-refractivity contribution < 1.29 is 0 Å². The van der Waals surface area contributed by atoms with Crippen molar-refractivity contribution in [2.45, 2.75) is 45.6 Å². The second kappa shape index (κ2) is 5.78. The van der Waals surface area contributed by atoms with Crippen LogP contribution in [-0.2, 0) is 6.42 Å². The molecule has 1 aliphatic carbocycles. The van der Waals surface area contributed by atoms with Crippen LogP contribution >= 0.6 is 11.3 Å². The summed E-state index contributed by atoms with van der Waals surface area (Å²) in [5.41, 5.74) is 5.78. The predicted octanol–water partition coefficient (Wildman–Crippen LogP) is 2.28. The number of rotatable bonds is 5. The molecule has 5 heteroatoms. The minimum Gasteiger partial charge on any atom is -0.357 e. The molecule has 17 heavy (non-hydrogen) atoms. The van der Waals surface area contributed by atoms with Gasteiger partial charge in [0.25, 0.3) is 0 Å². The van der Waals surface area contributed by atoms with E-state index in [0.717, 1.165) is 23.1 Å². The SMILES string of the molecule is CC(C)Cc1nnc(NC2CCCC2CN)s1. The van der Waals surface area contributed by atoms with Crippen molar-refractivity contribution in [3.8, 4) is 0 Å². The number of anilines is 1. The van der Waals surface area contributed by atoms with Crippen molar-refractivity contribution in [3.05, 3.63) is 5.01 Å². The molecule has 2 rings (SSSR count). The van der Waals surface area contributed by atoms with E-state index in [4.69, 9.17) is 5.73 Å². The normalized spacial score (nSPS) is 24.5. The molecule has 1 fully saturated rings. The largest absolute Gasteiger partial charge is 0.357 e. The first-order valence-electron chi connectivity index (χ1n) is 6.48. The molecule has 3 N–H and O–H groups in total. The van der Waals surface area contributed by atoms with Gasteiger partial charge < -0.3 is 11.1 Å². The Balaban J connectivity index is 1.92. The van der Waals surface area contributed by atoms with E-state index >= 15 is 0 Å². The molecule has 0 aliphatic heterocycles. The number of hydrogen-bond donors (Lipinski definition) is 2. The number of nitrogens with two attached hydrogens (primary N) is 1. The van der Waals surface area contributed by atoms with E-state index in [2.05, 4.69) is 29.4 Å². The monoisotopic (exact) mass is 254 g/mol. The number of hydrogen-bond acceptors (Lipinski definition) is 5. The summed E-state index contributed by atoms with van der Waals surface area (Å²) < 4.78 is 0. The van der Waals surface area contributed by atoms with Gasteiger partial charge in [0.15, 0.2) is 0 Å². The summed E-state index contributed by atoms with van der Waals surface area (Å²) in [6, 6.07) is 0.500. The van der Waals surface area contributed by atoms with Crippen LogP contribution in [0.15, 0.2) is 0 Å². The van der Waals surface area contributed by atoms with Crippen molar-refractivity contribution in [2.24, 2.45) is 17.6 Å². The molecule has 1 aromatic heterocycles.